The summed E-state index contributed by atoms with van der Waals surface area (Å²) < 4.78 is 4.73. The topological polar surface area (TPSA) is 85.6 Å². The number of hydrogen-bond acceptors (Lipinski definition) is 6. The first kappa shape index (κ1) is 13.3. The maximum atomic E-state index is 11.7. The summed E-state index contributed by atoms with van der Waals surface area (Å²) in [6.07, 6.45) is 2.97. The Morgan fingerprint density at radius 1 is 1.63 bits per heavy atom. The zero-order chi connectivity index (χ0) is 14.0. The second-order valence-corrected chi connectivity index (χ2v) is 4.49. The van der Waals surface area contributed by atoms with Crippen LogP contribution in [0.2, 0.25) is 0 Å². The molecule has 0 amide bonds. The fraction of sp³-hybridized carbons (Fsp3) is 0.500. The van der Waals surface area contributed by atoms with Crippen LogP contribution in [-0.4, -0.2) is 35.6 Å². The lowest BCUT2D eigenvalue weighted by Gasteiger charge is -2.23. The van der Waals surface area contributed by atoms with E-state index in [-0.39, 0.29) is 17.5 Å². The van der Waals surface area contributed by atoms with Gasteiger partial charge in [0.25, 0.3) is 0 Å². The number of methoxy groups -OCH3 is 1. The average Bonchev–Trinajstić information content (AvgIpc) is 2.86. The van der Waals surface area contributed by atoms with Gasteiger partial charge in [0.05, 0.1) is 12.0 Å². The molecule has 1 aliphatic rings. The largest absolute Gasteiger partial charge is 0.467 e. The molecular weight excluding hydrogens is 250 g/mol. The SMILES string of the molecule is COC(=O)C1CCCN1c1ncc(C)cc1[N+](=O)[O-]. The number of hydrogen-bond donors (Lipinski definition) is 0. The molecule has 1 saturated heterocycles. The summed E-state index contributed by atoms with van der Waals surface area (Å²) in [5, 5.41) is 11.1. The maximum absolute atomic E-state index is 11.7. The van der Waals surface area contributed by atoms with Gasteiger partial charge in [-0.3, -0.25) is 10.1 Å². The number of carbonyl (C=O) groups excluding carboxylic acids is 1. The van der Waals surface area contributed by atoms with Gasteiger partial charge >= 0.3 is 11.7 Å². The molecule has 2 rings (SSSR count). The summed E-state index contributed by atoms with van der Waals surface area (Å²) in [5.41, 5.74) is 0.639. The van der Waals surface area contributed by atoms with Crippen molar-refractivity contribution in [3.05, 3.63) is 27.9 Å². The van der Waals surface area contributed by atoms with E-state index in [0.717, 1.165) is 6.42 Å². The van der Waals surface area contributed by atoms with Gasteiger partial charge in [0.1, 0.15) is 6.04 Å². The molecule has 0 N–H and O–H groups in total. The first-order valence-corrected chi connectivity index (χ1v) is 6.00. The standard InChI is InChI=1S/C12H15N3O4/c1-8-6-10(15(17)18)11(13-7-8)14-5-3-4-9(14)12(16)19-2/h6-7,9H,3-5H2,1-2H3. The van der Waals surface area contributed by atoms with Crippen LogP contribution in [0.3, 0.4) is 0 Å². The van der Waals surface area contributed by atoms with Crippen LogP contribution in [0.1, 0.15) is 18.4 Å². The molecule has 1 atom stereocenters. The number of esters is 1. The van der Waals surface area contributed by atoms with Crippen molar-refractivity contribution in [3.8, 4) is 0 Å². The molecule has 1 aromatic rings. The number of pyridine rings is 1. The summed E-state index contributed by atoms with van der Waals surface area (Å²) in [7, 11) is 1.32. The molecule has 1 fully saturated rings. The minimum absolute atomic E-state index is 0.0733. The minimum Gasteiger partial charge on any atom is -0.467 e. The first-order chi connectivity index (χ1) is 9.04. The fourth-order valence-electron chi connectivity index (χ4n) is 2.30. The Morgan fingerprint density at radius 3 is 3.00 bits per heavy atom. The lowest BCUT2D eigenvalue weighted by Crippen LogP contribution is -2.37. The number of anilines is 1. The summed E-state index contributed by atoms with van der Waals surface area (Å²) >= 11 is 0. The van der Waals surface area contributed by atoms with Crippen LogP contribution in [0.5, 0.6) is 0 Å². The summed E-state index contributed by atoms with van der Waals surface area (Å²) in [6, 6.07) is 0.980. The maximum Gasteiger partial charge on any atom is 0.328 e. The molecule has 102 valence electrons. The monoisotopic (exact) mass is 265 g/mol. The van der Waals surface area contributed by atoms with E-state index < -0.39 is 11.0 Å². The highest BCUT2D eigenvalue weighted by atomic mass is 16.6. The molecule has 0 aromatic carbocycles. The number of rotatable bonds is 3. The highest BCUT2D eigenvalue weighted by Crippen LogP contribution is 2.32. The van der Waals surface area contributed by atoms with Crippen LogP contribution in [-0.2, 0) is 9.53 Å². The van der Waals surface area contributed by atoms with Gasteiger partial charge in [0.15, 0.2) is 0 Å². The third-order valence-electron chi connectivity index (χ3n) is 3.18. The molecule has 19 heavy (non-hydrogen) atoms. The van der Waals surface area contributed by atoms with Crippen molar-refractivity contribution in [2.75, 3.05) is 18.6 Å². The normalized spacial score (nSPS) is 18.4. The van der Waals surface area contributed by atoms with Crippen molar-refractivity contribution in [2.24, 2.45) is 0 Å². The molecule has 1 aromatic heterocycles. The van der Waals surface area contributed by atoms with Crippen molar-refractivity contribution in [2.45, 2.75) is 25.8 Å². The first-order valence-electron chi connectivity index (χ1n) is 6.00. The van der Waals surface area contributed by atoms with Gasteiger partial charge in [-0.2, -0.15) is 0 Å². The molecule has 7 heteroatoms. The Labute approximate surface area is 110 Å². The van der Waals surface area contributed by atoms with Gasteiger partial charge < -0.3 is 9.64 Å². The fourth-order valence-corrected chi connectivity index (χ4v) is 2.30. The number of nitrogens with zero attached hydrogens (tertiary/aromatic N) is 3. The van der Waals surface area contributed by atoms with Crippen LogP contribution in [0.4, 0.5) is 11.5 Å². The van der Waals surface area contributed by atoms with Crippen molar-refractivity contribution >= 4 is 17.5 Å². The molecule has 1 unspecified atom stereocenters. The number of aryl methyl sites for hydroxylation is 1. The van der Waals surface area contributed by atoms with Crippen LogP contribution < -0.4 is 4.90 Å². The van der Waals surface area contributed by atoms with Crippen molar-refractivity contribution in [1.29, 1.82) is 0 Å². The van der Waals surface area contributed by atoms with Crippen LogP contribution in [0.15, 0.2) is 12.3 Å². The zero-order valence-electron chi connectivity index (χ0n) is 10.8. The van der Waals surface area contributed by atoms with Gasteiger partial charge in [-0.1, -0.05) is 0 Å². The van der Waals surface area contributed by atoms with Crippen LogP contribution in [0, 0.1) is 17.0 Å². The van der Waals surface area contributed by atoms with E-state index >= 15 is 0 Å². The van der Waals surface area contributed by atoms with Crippen LogP contribution in [0.25, 0.3) is 0 Å². The van der Waals surface area contributed by atoms with E-state index in [4.69, 9.17) is 4.74 Å². The second-order valence-electron chi connectivity index (χ2n) is 4.49. The van der Waals surface area contributed by atoms with E-state index in [1.807, 2.05) is 0 Å². The molecule has 2 heterocycles. The van der Waals surface area contributed by atoms with Gasteiger partial charge in [-0.25, -0.2) is 9.78 Å². The van der Waals surface area contributed by atoms with Crippen molar-refractivity contribution < 1.29 is 14.5 Å². The summed E-state index contributed by atoms with van der Waals surface area (Å²) in [4.78, 5) is 28.1. The molecule has 0 radical (unpaired) electrons. The lowest BCUT2D eigenvalue weighted by atomic mass is 10.2. The molecular formula is C12H15N3O4. The third-order valence-corrected chi connectivity index (χ3v) is 3.18. The Morgan fingerprint density at radius 2 is 2.37 bits per heavy atom. The molecule has 0 spiro atoms. The zero-order valence-corrected chi connectivity index (χ0v) is 10.8. The molecule has 7 nitrogen and oxygen atoms in total. The predicted octanol–water partition coefficient (Wildman–Crippen LogP) is 1.44. The second kappa shape index (κ2) is 5.21. The van der Waals surface area contributed by atoms with Gasteiger partial charge in [-0.05, 0) is 25.3 Å². The van der Waals surface area contributed by atoms with Gasteiger partial charge in [-0.15, -0.1) is 0 Å². The third kappa shape index (κ3) is 2.49. The smallest absolute Gasteiger partial charge is 0.328 e. The number of carbonyl (C=O) groups is 1. The molecule has 0 bridgehead atoms. The van der Waals surface area contributed by atoms with E-state index in [1.54, 1.807) is 18.0 Å². The molecule has 0 aliphatic carbocycles. The summed E-state index contributed by atoms with van der Waals surface area (Å²) in [5.74, 6) is -0.141. The number of aromatic nitrogens is 1. The lowest BCUT2D eigenvalue weighted by molar-refractivity contribution is -0.384. The molecule has 1 aliphatic heterocycles. The minimum atomic E-state index is -0.487. The highest BCUT2D eigenvalue weighted by molar-refractivity contribution is 5.81. The van der Waals surface area contributed by atoms with Gasteiger partial charge in [0.2, 0.25) is 5.82 Å². The van der Waals surface area contributed by atoms with Crippen LogP contribution >= 0.6 is 0 Å². The Bertz CT molecular complexity index is 518. The van der Waals surface area contributed by atoms with E-state index in [1.165, 1.54) is 13.2 Å². The van der Waals surface area contributed by atoms with E-state index in [0.29, 0.717) is 18.5 Å². The van der Waals surface area contributed by atoms with Gasteiger partial charge in [0, 0.05) is 18.8 Å². The van der Waals surface area contributed by atoms with Crippen molar-refractivity contribution in [1.82, 2.24) is 4.98 Å². The highest BCUT2D eigenvalue weighted by Gasteiger charge is 2.36. The number of nitro groups is 1. The van der Waals surface area contributed by atoms with E-state index in [9.17, 15) is 14.9 Å². The predicted molar refractivity (Wildman–Crippen MR) is 68.0 cm³/mol. The van der Waals surface area contributed by atoms with Crippen molar-refractivity contribution in [3.63, 3.8) is 0 Å². The Hall–Kier alpha value is -2.18. The van der Waals surface area contributed by atoms with E-state index in [2.05, 4.69) is 4.98 Å². The Kier molecular flexibility index (Phi) is 3.64. The quantitative estimate of drug-likeness (QED) is 0.467. The average molecular weight is 265 g/mol. The Balaban J connectivity index is 2.40. The molecule has 0 saturated carbocycles. The summed E-state index contributed by atoms with van der Waals surface area (Å²) in [6.45, 7) is 2.31. The number of ether oxygens (including phenoxy) is 1.